The Labute approximate surface area is 166 Å². The lowest BCUT2D eigenvalue weighted by atomic mass is 10.0. The molecule has 3 aromatic rings. The first-order valence-electron chi connectivity index (χ1n) is 8.87. The molecule has 0 saturated heterocycles. The molecule has 0 bridgehead atoms. The molecule has 6 nitrogen and oxygen atoms in total. The molecule has 0 radical (unpaired) electrons. The number of aromatic nitrogens is 4. The number of halogens is 5. The zero-order valence-corrected chi connectivity index (χ0v) is 15.5. The third kappa shape index (κ3) is 3.74. The molecule has 30 heavy (non-hydrogen) atoms. The smallest absolute Gasteiger partial charge is 0.316 e. The summed E-state index contributed by atoms with van der Waals surface area (Å²) in [4.78, 5) is 19.8. The molecular weight excluding hydrogens is 409 g/mol. The summed E-state index contributed by atoms with van der Waals surface area (Å²) in [6, 6.07) is 2.12. The van der Waals surface area contributed by atoms with Crippen molar-refractivity contribution in [3.05, 3.63) is 59.3 Å². The van der Waals surface area contributed by atoms with Crippen molar-refractivity contribution in [3.8, 4) is 11.3 Å². The predicted molar refractivity (Wildman–Crippen MR) is 95.5 cm³/mol. The minimum absolute atomic E-state index is 0.0157. The summed E-state index contributed by atoms with van der Waals surface area (Å²) in [6.07, 6.45) is -0.518. The number of carbonyl (C=O) groups is 1. The van der Waals surface area contributed by atoms with E-state index in [0.717, 1.165) is 35.9 Å². The van der Waals surface area contributed by atoms with Crippen LogP contribution in [0.4, 0.5) is 27.6 Å². The molecule has 3 aromatic heterocycles. The Kier molecular flexibility index (Phi) is 4.75. The van der Waals surface area contributed by atoms with Gasteiger partial charge in [0, 0.05) is 30.4 Å². The van der Waals surface area contributed by atoms with Gasteiger partial charge in [0.1, 0.15) is 5.69 Å². The second-order valence-corrected chi connectivity index (χ2v) is 6.90. The number of aryl methyl sites for hydroxylation is 1. The first-order valence-corrected chi connectivity index (χ1v) is 8.87. The fourth-order valence-corrected chi connectivity index (χ4v) is 3.05. The molecule has 0 aromatic carbocycles. The molecule has 0 unspecified atom stereocenters. The van der Waals surface area contributed by atoms with Gasteiger partial charge in [-0.3, -0.25) is 19.4 Å². The zero-order chi connectivity index (χ0) is 21.6. The maximum atomic E-state index is 13.7. The minimum Gasteiger partial charge on any atom is -0.316 e. The van der Waals surface area contributed by atoms with Gasteiger partial charge in [0.15, 0.2) is 17.3 Å². The molecular formula is C19H14F5N5O. The molecule has 1 amide bonds. The molecule has 3 heterocycles. The first kappa shape index (κ1) is 19.9. The van der Waals surface area contributed by atoms with Gasteiger partial charge in [0.05, 0.1) is 23.7 Å². The number of nitrogens with one attached hydrogen (secondary N) is 1. The van der Waals surface area contributed by atoms with Crippen LogP contribution in [0.5, 0.6) is 0 Å². The fraction of sp³-hybridized carbons (Fsp3) is 0.263. The quantitative estimate of drug-likeness (QED) is 0.635. The van der Waals surface area contributed by atoms with E-state index in [4.69, 9.17) is 0 Å². The SMILES string of the molecule is Cn1nc(C(=O)Nc2c(F)cncc2F)cc1-c1cnc(C2CC2)cc1C(F)(F)F. The molecule has 1 aliphatic carbocycles. The lowest BCUT2D eigenvalue weighted by Gasteiger charge is -2.14. The topological polar surface area (TPSA) is 72.7 Å². The Morgan fingerprint density at radius 1 is 1.13 bits per heavy atom. The first-order chi connectivity index (χ1) is 14.1. The average Bonchev–Trinajstić information content (AvgIpc) is 3.45. The van der Waals surface area contributed by atoms with Crippen LogP contribution in [0.2, 0.25) is 0 Å². The van der Waals surface area contributed by atoms with Crippen LogP contribution in [0.15, 0.2) is 30.7 Å². The van der Waals surface area contributed by atoms with Crippen molar-refractivity contribution in [2.24, 2.45) is 7.05 Å². The van der Waals surface area contributed by atoms with E-state index in [2.05, 4.69) is 15.1 Å². The van der Waals surface area contributed by atoms with Crippen molar-refractivity contribution in [3.63, 3.8) is 0 Å². The van der Waals surface area contributed by atoms with Crippen molar-refractivity contribution in [1.29, 1.82) is 0 Å². The number of amides is 1. The molecule has 0 atom stereocenters. The van der Waals surface area contributed by atoms with E-state index >= 15 is 0 Å². The Morgan fingerprint density at radius 2 is 1.80 bits per heavy atom. The standard InChI is InChI=1S/C19H14F5N5O/c1-29-16(10-6-26-14(9-2-3-9)4-11(10)19(22,23)24)5-15(28-29)18(30)27-17-12(20)7-25-8-13(17)21/h4-9H,2-3H2,1H3,(H,25,27,30). The summed E-state index contributed by atoms with van der Waals surface area (Å²) in [5.74, 6) is -3.16. The Bertz CT molecular complexity index is 1120. The predicted octanol–water partition coefficient (Wildman–Crippen LogP) is 4.30. The second-order valence-electron chi connectivity index (χ2n) is 6.90. The molecule has 1 N–H and O–H groups in total. The van der Waals surface area contributed by atoms with Crippen LogP contribution >= 0.6 is 0 Å². The number of hydrogen-bond donors (Lipinski definition) is 1. The average molecular weight is 423 g/mol. The number of hydrogen-bond acceptors (Lipinski definition) is 4. The Balaban J connectivity index is 1.70. The maximum Gasteiger partial charge on any atom is 0.417 e. The molecule has 1 saturated carbocycles. The van der Waals surface area contributed by atoms with Crippen LogP contribution in [0.1, 0.15) is 40.5 Å². The number of pyridine rings is 2. The van der Waals surface area contributed by atoms with Gasteiger partial charge in [-0.2, -0.15) is 18.3 Å². The number of alkyl halides is 3. The van der Waals surface area contributed by atoms with Crippen molar-refractivity contribution in [2.75, 3.05) is 5.32 Å². The highest BCUT2D eigenvalue weighted by Crippen LogP contribution is 2.43. The Morgan fingerprint density at radius 3 is 2.40 bits per heavy atom. The molecule has 0 aliphatic heterocycles. The highest BCUT2D eigenvalue weighted by atomic mass is 19.4. The van der Waals surface area contributed by atoms with E-state index in [1.54, 1.807) is 0 Å². The van der Waals surface area contributed by atoms with E-state index in [-0.39, 0.29) is 22.9 Å². The van der Waals surface area contributed by atoms with E-state index < -0.39 is 35.0 Å². The van der Waals surface area contributed by atoms with Crippen molar-refractivity contribution < 1.29 is 26.7 Å². The van der Waals surface area contributed by atoms with Gasteiger partial charge in [-0.1, -0.05) is 0 Å². The summed E-state index contributed by atoms with van der Waals surface area (Å²) >= 11 is 0. The van der Waals surface area contributed by atoms with Crippen LogP contribution in [0, 0.1) is 11.6 Å². The number of carbonyl (C=O) groups excluding carboxylic acids is 1. The second kappa shape index (κ2) is 7.15. The van der Waals surface area contributed by atoms with Gasteiger partial charge in [0.25, 0.3) is 5.91 Å². The van der Waals surface area contributed by atoms with Crippen LogP contribution < -0.4 is 5.32 Å². The van der Waals surface area contributed by atoms with Crippen LogP contribution in [0.25, 0.3) is 11.3 Å². The van der Waals surface area contributed by atoms with Crippen molar-refractivity contribution in [2.45, 2.75) is 24.9 Å². The van der Waals surface area contributed by atoms with Gasteiger partial charge in [-0.15, -0.1) is 0 Å². The normalized spacial score (nSPS) is 14.1. The summed E-state index contributed by atoms with van der Waals surface area (Å²) in [6.45, 7) is 0. The van der Waals surface area contributed by atoms with Crippen LogP contribution in [-0.2, 0) is 13.2 Å². The monoisotopic (exact) mass is 423 g/mol. The number of nitrogens with zero attached hydrogens (tertiary/aromatic N) is 4. The van der Waals surface area contributed by atoms with Gasteiger partial charge in [-0.05, 0) is 25.0 Å². The minimum atomic E-state index is -4.64. The van der Waals surface area contributed by atoms with Gasteiger partial charge < -0.3 is 5.32 Å². The molecule has 1 fully saturated rings. The largest absolute Gasteiger partial charge is 0.417 e. The molecule has 0 spiro atoms. The fourth-order valence-electron chi connectivity index (χ4n) is 3.05. The van der Waals surface area contributed by atoms with E-state index in [1.807, 2.05) is 5.32 Å². The number of anilines is 1. The third-order valence-electron chi connectivity index (χ3n) is 4.71. The maximum absolute atomic E-state index is 13.7. The summed E-state index contributed by atoms with van der Waals surface area (Å²) < 4.78 is 69.4. The van der Waals surface area contributed by atoms with Crippen molar-refractivity contribution in [1.82, 2.24) is 19.7 Å². The third-order valence-corrected chi connectivity index (χ3v) is 4.71. The molecule has 156 valence electrons. The van der Waals surface area contributed by atoms with Crippen LogP contribution in [0.3, 0.4) is 0 Å². The summed E-state index contributed by atoms with van der Waals surface area (Å²) in [7, 11) is 1.36. The lowest BCUT2D eigenvalue weighted by molar-refractivity contribution is -0.137. The molecule has 1 aliphatic rings. The summed E-state index contributed by atoms with van der Waals surface area (Å²) in [5, 5.41) is 5.91. The van der Waals surface area contributed by atoms with Crippen LogP contribution in [-0.4, -0.2) is 25.7 Å². The number of rotatable bonds is 4. The van der Waals surface area contributed by atoms with E-state index in [9.17, 15) is 26.7 Å². The molecule has 11 heteroatoms. The molecule has 4 rings (SSSR count). The van der Waals surface area contributed by atoms with E-state index in [1.165, 1.54) is 7.05 Å². The van der Waals surface area contributed by atoms with Gasteiger partial charge in [0.2, 0.25) is 0 Å². The highest BCUT2D eigenvalue weighted by molar-refractivity contribution is 6.03. The zero-order valence-electron chi connectivity index (χ0n) is 15.5. The van der Waals surface area contributed by atoms with Gasteiger partial charge >= 0.3 is 6.18 Å². The highest BCUT2D eigenvalue weighted by Gasteiger charge is 2.37. The summed E-state index contributed by atoms with van der Waals surface area (Å²) in [5.41, 5.74) is -1.83. The lowest BCUT2D eigenvalue weighted by Crippen LogP contribution is -2.15. The van der Waals surface area contributed by atoms with Crippen molar-refractivity contribution >= 4 is 11.6 Å². The van der Waals surface area contributed by atoms with E-state index in [0.29, 0.717) is 18.1 Å². The Hall–Kier alpha value is -3.37. The van der Waals surface area contributed by atoms with Gasteiger partial charge in [-0.25, -0.2) is 8.78 Å².